The summed E-state index contributed by atoms with van der Waals surface area (Å²) in [4.78, 5) is 11.8. The highest BCUT2D eigenvalue weighted by atomic mass is 79.9. The highest BCUT2D eigenvalue weighted by Gasteiger charge is 2.12. The van der Waals surface area contributed by atoms with Gasteiger partial charge >= 0.3 is 0 Å². The maximum absolute atomic E-state index is 11.8. The molecular weight excluding hydrogens is 482 g/mol. The number of phenols is 1. The third kappa shape index (κ3) is 3.99. The van der Waals surface area contributed by atoms with Gasteiger partial charge < -0.3 is 9.67 Å². The van der Waals surface area contributed by atoms with Crippen LogP contribution in [-0.4, -0.2) is 21.8 Å². The van der Waals surface area contributed by atoms with Gasteiger partial charge in [0.05, 0.1) is 21.6 Å². The molecule has 0 bridgehead atoms. The first-order chi connectivity index (χ1) is 10.4. The Morgan fingerprint density at radius 2 is 2.14 bits per heavy atom. The van der Waals surface area contributed by atoms with Gasteiger partial charge in [-0.3, -0.25) is 4.79 Å². The molecule has 22 heavy (non-hydrogen) atoms. The van der Waals surface area contributed by atoms with E-state index in [1.165, 1.54) is 6.21 Å². The minimum atomic E-state index is -0.216. The first-order valence-corrected chi connectivity index (χ1v) is 8.56. The fourth-order valence-corrected chi connectivity index (χ4v) is 4.09. The smallest absolute Gasteiger partial charge is 0.245 e. The standard InChI is InChI=1S/C14H12Br3N3O2/c1-20-4-2-3-8(20)5-12(21)19-18-7-9-10(15)6-11(16)14(22)13(9)17/h2-4,6-7,22H,5H2,1H3,(H,19,21)/b18-7-. The molecule has 1 amide bonds. The first-order valence-electron chi connectivity index (χ1n) is 6.18. The monoisotopic (exact) mass is 491 g/mol. The number of aromatic nitrogens is 1. The van der Waals surface area contributed by atoms with E-state index in [1.807, 2.05) is 29.9 Å². The van der Waals surface area contributed by atoms with Crippen LogP contribution in [0.1, 0.15) is 11.3 Å². The van der Waals surface area contributed by atoms with Gasteiger partial charge in [-0.1, -0.05) is 15.9 Å². The van der Waals surface area contributed by atoms with Gasteiger partial charge in [-0.2, -0.15) is 5.10 Å². The maximum atomic E-state index is 11.8. The van der Waals surface area contributed by atoms with E-state index < -0.39 is 0 Å². The molecule has 2 rings (SSSR count). The molecule has 0 fully saturated rings. The number of rotatable bonds is 4. The lowest BCUT2D eigenvalue weighted by atomic mass is 10.2. The number of carbonyl (C=O) groups is 1. The van der Waals surface area contributed by atoms with Crippen molar-refractivity contribution in [2.24, 2.45) is 12.1 Å². The van der Waals surface area contributed by atoms with Crippen LogP contribution in [0, 0.1) is 0 Å². The van der Waals surface area contributed by atoms with Crippen molar-refractivity contribution in [1.29, 1.82) is 0 Å². The van der Waals surface area contributed by atoms with Gasteiger partial charge in [0.2, 0.25) is 5.91 Å². The SMILES string of the molecule is Cn1cccc1CC(=O)N/N=C\c1c(Br)cc(Br)c(O)c1Br. The predicted molar refractivity (Wildman–Crippen MR) is 96.1 cm³/mol. The summed E-state index contributed by atoms with van der Waals surface area (Å²) in [6.07, 6.45) is 3.59. The van der Waals surface area contributed by atoms with Crippen molar-refractivity contribution < 1.29 is 9.90 Å². The number of halogens is 3. The van der Waals surface area contributed by atoms with Gasteiger partial charge in [0.25, 0.3) is 0 Å². The van der Waals surface area contributed by atoms with Crippen molar-refractivity contribution >= 4 is 59.9 Å². The zero-order chi connectivity index (χ0) is 16.3. The van der Waals surface area contributed by atoms with E-state index in [9.17, 15) is 9.90 Å². The zero-order valence-electron chi connectivity index (χ0n) is 11.5. The number of phenolic OH excluding ortho intramolecular Hbond substituents is 1. The van der Waals surface area contributed by atoms with Crippen LogP contribution in [0.15, 0.2) is 42.9 Å². The van der Waals surface area contributed by atoms with Crippen molar-refractivity contribution in [3.63, 3.8) is 0 Å². The van der Waals surface area contributed by atoms with E-state index in [1.54, 1.807) is 6.07 Å². The Bertz CT molecular complexity index is 741. The van der Waals surface area contributed by atoms with Crippen molar-refractivity contribution in [2.75, 3.05) is 0 Å². The van der Waals surface area contributed by atoms with Gasteiger partial charge in [-0.05, 0) is 50.1 Å². The Morgan fingerprint density at radius 3 is 2.77 bits per heavy atom. The van der Waals surface area contributed by atoms with Gasteiger partial charge in [0.1, 0.15) is 5.75 Å². The lowest BCUT2D eigenvalue weighted by molar-refractivity contribution is -0.120. The Labute approximate surface area is 152 Å². The fourth-order valence-electron chi connectivity index (χ4n) is 1.77. The molecule has 8 heteroatoms. The second kappa shape index (κ2) is 7.43. The van der Waals surface area contributed by atoms with E-state index in [0.717, 1.165) is 10.2 Å². The Kier molecular flexibility index (Phi) is 5.82. The minimum Gasteiger partial charge on any atom is -0.506 e. The van der Waals surface area contributed by atoms with Crippen LogP contribution in [0.5, 0.6) is 5.75 Å². The van der Waals surface area contributed by atoms with Crippen molar-refractivity contribution in [1.82, 2.24) is 9.99 Å². The highest BCUT2D eigenvalue weighted by molar-refractivity contribution is 9.11. The number of hydrogen-bond acceptors (Lipinski definition) is 3. The normalized spacial score (nSPS) is 11.1. The third-order valence-corrected chi connectivity index (χ3v) is 5.02. The van der Waals surface area contributed by atoms with Gasteiger partial charge in [-0.25, -0.2) is 5.43 Å². The molecule has 2 N–H and O–H groups in total. The summed E-state index contributed by atoms with van der Waals surface area (Å²) in [6.45, 7) is 0. The number of aryl methyl sites for hydroxylation is 1. The van der Waals surface area contributed by atoms with Gasteiger partial charge in [0.15, 0.2) is 0 Å². The molecule has 0 saturated carbocycles. The summed E-state index contributed by atoms with van der Waals surface area (Å²) >= 11 is 9.90. The van der Waals surface area contributed by atoms with E-state index in [2.05, 4.69) is 58.3 Å². The van der Waals surface area contributed by atoms with Crippen molar-refractivity contribution in [2.45, 2.75) is 6.42 Å². The topological polar surface area (TPSA) is 66.6 Å². The molecule has 0 unspecified atom stereocenters. The number of nitrogens with zero attached hydrogens (tertiary/aromatic N) is 2. The van der Waals surface area contributed by atoms with Crippen LogP contribution in [0.4, 0.5) is 0 Å². The fraction of sp³-hybridized carbons (Fsp3) is 0.143. The number of benzene rings is 1. The van der Waals surface area contributed by atoms with Crippen LogP contribution in [-0.2, 0) is 18.3 Å². The molecule has 2 aromatic rings. The molecule has 0 aliphatic carbocycles. The Morgan fingerprint density at radius 1 is 1.41 bits per heavy atom. The average Bonchev–Trinajstić information content (AvgIpc) is 2.85. The van der Waals surface area contributed by atoms with E-state index in [0.29, 0.717) is 14.5 Å². The van der Waals surface area contributed by atoms with Crippen LogP contribution in [0.3, 0.4) is 0 Å². The van der Waals surface area contributed by atoms with E-state index >= 15 is 0 Å². The summed E-state index contributed by atoms with van der Waals surface area (Å²) in [6, 6.07) is 5.46. The number of amides is 1. The van der Waals surface area contributed by atoms with Crippen LogP contribution < -0.4 is 5.43 Å². The minimum absolute atomic E-state index is 0.0692. The van der Waals surface area contributed by atoms with E-state index in [-0.39, 0.29) is 18.1 Å². The van der Waals surface area contributed by atoms with Gasteiger partial charge in [-0.15, -0.1) is 0 Å². The lowest BCUT2D eigenvalue weighted by Crippen LogP contribution is -2.21. The molecular formula is C14H12Br3N3O2. The Hall–Kier alpha value is -1.12. The molecule has 1 aromatic carbocycles. The Balaban J connectivity index is 2.06. The summed E-state index contributed by atoms with van der Waals surface area (Å²) in [5.41, 5.74) is 3.99. The summed E-state index contributed by atoms with van der Waals surface area (Å²) in [5, 5.41) is 13.8. The van der Waals surface area contributed by atoms with Crippen molar-refractivity contribution in [3.05, 3.63) is 49.1 Å². The molecule has 0 atom stereocenters. The van der Waals surface area contributed by atoms with Gasteiger partial charge in [0, 0.05) is 29.0 Å². The number of carbonyl (C=O) groups excluding carboxylic acids is 1. The highest BCUT2D eigenvalue weighted by Crippen LogP contribution is 2.38. The van der Waals surface area contributed by atoms with Crippen LogP contribution >= 0.6 is 47.8 Å². The second-order valence-electron chi connectivity index (χ2n) is 4.50. The average molecular weight is 494 g/mol. The molecule has 0 aliphatic heterocycles. The predicted octanol–water partition coefficient (Wildman–Crippen LogP) is 3.71. The maximum Gasteiger partial charge on any atom is 0.245 e. The molecule has 0 aliphatic rings. The number of hydrazone groups is 1. The summed E-state index contributed by atoms with van der Waals surface area (Å²) < 4.78 is 3.64. The van der Waals surface area contributed by atoms with Crippen molar-refractivity contribution in [3.8, 4) is 5.75 Å². The molecule has 1 aromatic heterocycles. The largest absolute Gasteiger partial charge is 0.506 e. The second-order valence-corrected chi connectivity index (χ2v) is 7.00. The van der Waals surface area contributed by atoms with E-state index in [4.69, 9.17) is 0 Å². The molecule has 0 spiro atoms. The zero-order valence-corrected chi connectivity index (χ0v) is 16.2. The molecule has 116 valence electrons. The van der Waals surface area contributed by atoms with Crippen LogP contribution in [0.25, 0.3) is 0 Å². The third-order valence-electron chi connectivity index (χ3n) is 2.96. The summed E-state index contributed by atoms with van der Waals surface area (Å²) in [5.74, 6) is -0.147. The van der Waals surface area contributed by atoms with Crippen LogP contribution in [0.2, 0.25) is 0 Å². The summed E-state index contributed by atoms with van der Waals surface area (Å²) in [7, 11) is 1.88. The number of aromatic hydroxyl groups is 1. The lowest BCUT2D eigenvalue weighted by Gasteiger charge is -2.07. The molecule has 0 saturated heterocycles. The molecule has 5 nitrogen and oxygen atoms in total. The quantitative estimate of drug-likeness (QED) is 0.503. The number of hydrogen-bond donors (Lipinski definition) is 2. The first kappa shape index (κ1) is 17.2. The number of nitrogens with one attached hydrogen (secondary N) is 1. The molecule has 0 radical (unpaired) electrons. The molecule has 1 heterocycles.